The molecule has 1 rings (SSSR count). The molecule has 0 fully saturated rings. The monoisotopic (exact) mass is 227 g/mol. The van der Waals surface area contributed by atoms with E-state index >= 15 is 0 Å². The van der Waals surface area contributed by atoms with Crippen molar-refractivity contribution in [2.75, 3.05) is 6.54 Å². The van der Waals surface area contributed by atoms with Crippen molar-refractivity contribution in [2.45, 2.75) is 26.4 Å². The van der Waals surface area contributed by atoms with Gasteiger partial charge in [-0.25, -0.2) is 5.84 Å². The Morgan fingerprint density at radius 3 is 2.93 bits per heavy atom. The topological polar surface area (TPSA) is 58.4 Å². The molecule has 0 saturated heterocycles. The Kier molecular flexibility index (Phi) is 4.74. The Balaban J connectivity index is 2.59. The van der Waals surface area contributed by atoms with Crippen LogP contribution in [0.4, 0.5) is 0 Å². The first-order valence-electron chi connectivity index (χ1n) is 4.96. The number of hydrogen-bond donors (Lipinski definition) is 2. The minimum atomic E-state index is -0.193. The number of thiophene rings is 1. The Morgan fingerprint density at radius 1 is 1.73 bits per heavy atom. The van der Waals surface area contributed by atoms with Crippen LogP contribution in [0.25, 0.3) is 0 Å². The van der Waals surface area contributed by atoms with E-state index in [1.54, 1.807) is 11.3 Å². The summed E-state index contributed by atoms with van der Waals surface area (Å²) >= 11 is 1.70. The Bertz CT molecular complexity index is 300. The lowest BCUT2D eigenvalue weighted by atomic mass is 10.2. The van der Waals surface area contributed by atoms with Gasteiger partial charge in [-0.1, -0.05) is 13.0 Å². The van der Waals surface area contributed by atoms with Crippen LogP contribution in [0.2, 0.25) is 0 Å². The number of hydrazine groups is 1. The SMILES string of the molecule is CCN(Cc1cccs1)C(C)C(=O)NN. The van der Waals surface area contributed by atoms with Crippen molar-refractivity contribution in [1.29, 1.82) is 0 Å². The third-order valence-electron chi connectivity index (χ3n) is 2.41. The van der Waals surface area contributed by atoms with E-state index in [1.807, 2.05) is 25.3 Å². The average Bonchev–Trinajstić information content (AvgIpc) is 2.76. The number of hydrogen-bond acceptors (Lipinski definition) is 4. The van der Waals surface area contributed by atoms with Gasteiger partial charge in [0.15, 0.2) is 0 Å². The van der Waals surface area contributed by atoms with Crippen molar-refractivity contribution in [1.82, 2.24) is 10.3 Å². The molecule has 1 atom stereocenters. The lowest BCUT2D eigenvalue weighted by Gasteiger charge is -2.25. The molecule has 0 bridgehead atoms. The number of nitrogens with zero attached hydrogens (tertiary/aromatic N) is 1. The highest BCUT2D eigenvalue weighted by Crippen LogP contribution is 2.13. The van der Waals surface area contributed by atoms with Crippen molar-refractivity contribution in [3.8, 4) is 0 Å². The van der Waals surface area contributed by atoms with E-state index in [-0.39, 0.29) is 11.9 Å². The van der Waals surface area contributed by atoms with Crippen LogP contribution in [0.1, 0.15) is 18.7 Å². The molecule has 15 heavy (non-hydrogen) atoms. The first-order chi connectivity index (χ1) is 7.19. The third-order valence-corrected chi connectivity index (χ3v) is 3.28. The number of rotatable bonds is 5. The first kappa shape index (κ1) is 12.2. The molecule has 0 radical (unpaired) electrons. The molecule has 1 amide bonds. The molecule has 1 unspecified atom stereocenters. The highest BCUT2D eigenvalue weighted by molar-refractivity contribution is 7.09. The van der Waals surface area contributed by atoms with Gasteiger partial charge in [0.1, 0.15) is 0 Å². The molecule has 4 nitrogen and oxygen atoms in total. The number of carbonyl (C=O) groups excluding carboxylic acids is 1. The number of likely N-dealkylation sites (N-methyl/N-ethyl adjacent to an activating group) is 1. The molecule has 0 spiro atoms. The molecule has 1 aromatic heterocycles. The smallest absolute Gasteiger partial charge is 0.250 e. The number of nitrogens with one attached hydrogen (secondary N) is 1. The lowest BCUT2D eigenvalue weighted by Crippen LogP contribution is -2.46. The molecule has 0 aliphatic carbocycles. The van der Waals surface area contributed by atoms with Crippen LogP contribution >= 0.6 is 11.3 Å². The molecule has 0 saturated carbocycles. The van der Waals surface area contributed by atoms with E-state index in [0.717, 1.165) is 13.1 Å². The van der Waals surface area contributed by atoms with Crippen LogP contribution in [0.15, 0.2) is 17.5 Å². The maximum atomic E-state index is 11.4. The number of carbonyl (C=O) groups is 1. The summed E-state index contributed by atoms with van der Waals surface area (Å²) in [5, 5.41) is 2.04. The van der Waals surface area contributed by atoms with Gasteiger partial charge < -0.3 is 0 Å². The van der Waals surface area contributed by atoms with Gasteiger partial charge in [-0.15, -0.1) is 11.3 Å². The summed E-state index contributed by atoms with van der Waals surface area (Å²) in [6.45, 7) is 5.52. The van der Waals surface area contributed by atoms with Crippen molar-refractivity contribution in [2.24, 2.45) is 5.84 Å². The molecule has 0 aromatic carbocycles. The van der Waals surface area contributed by atoms with Gasteiger partial charge in [0.25, 0.3) is 5.91 Å². The maximum absolute atomic E-state index is 11.4. The molecule has 1 heterocycles. The molecule has 1 aromatic rings. The van der Waals surface area contributed by atoms with Crippen LogP contribution < -0.4 is 11.3 Å². The van der Waals surface area contributed by atoms with E-state index in [0.29, 0.717) is 0 Å². The quantitative estimate of drug-likeness (QED) is 0.447. The average molecular weight is 227 g/mol. The minimum absolute atomic E-state index is 0.145. The molecular weight excluding hydrogens is 210 g/mol. The van der Waals surface area contributed by atoms with Gasteiger partial charge in [-0.05, 0) is 24.9 Å². The van der Waals surface area contributed by atoms with Crippen LogP contribution in [0, 0.1) is 0 Å². The van der Waals surface area contributed by atoms with E-state index in [1.165, 1.54) is 4.88 Å². The number of amides is 1. The zero-order valence-electron chi connectivity index (χ0n) is 9.06. The Morgan fingerprint density at radius 2 is 2.47 bits per heavy atom. The third kappa shape index (κ3) is 3.30. The first-order valence-corrected chi connectivity index (χ1v) is 5.83. The zero-order chi connectivity index (χ0) is 11.3. The second-order valence-corrected chi connectivity index (χ2v) is 4.36. The summed E-state index contributed by atoms with van der Waals surface area (Å²) in [6, 6.07) is 3.89. The summed E-state index contributed by atoms with van der Waals surface area (Å²) in [4.78, 5) is 14.7. The molecule has 3 N–H and O–H groups in total. The summed E-state index contributed by atoms with van der Waals surface area (Å²) in [7, 11) is 0. The van der Waals surface area contributed by atoms with Crippen LogP contribution in [-0.4, -0.2) is 23.4 Å². The molecule has 0 aliphatic heterocycles. The fraction of sp³-hybridized carbons (Fsp3) is 0.500. The van der Waals surface area contributed by atoms with E-state index in [9.17, 15) is 4.79 Å². The van der Waals surface area contributed by atoms with Crippen molar-refractivity contribution in [3.63, 3.8) is 0 Å². The predicted octanol–water partition coefficient (Wildman–Crippen LogP) is 0.948. The minimum Gasteiger partial charge on any atom is -0.293 e. The summed E-state index contributed by atoms with van der Waals surface area (Å²) < 4.78 is 0. The zero-order valence-corrected chi connectivity index (χ0v) is 9.88. The second-order valence-electron chi connectivity index (χ2n) is 3.33. The highest BCUT2D eigenvalue weighted by atomic mass is 32.1. The van der Waals surface area contributed by atoms with Gasteiger partial charge in [0.05, 0.1) is 6.04 Å². The van der Waals surface area contributed by atoms with Crippen LogP contribution in [0.5, 0.6) is 0 Å². The second kappa shape index (κ2) is 5.85. The van der Waals surface area contributed by atoms with Crippen molar-refractivity contribution < 1.29 is 4.79 Å². The van der Waals surface area contributed by atoms with Gasteiger partial charge in [0, 0.05) is 11.4 Å². The van der Waals surface area contributed by atoms with E-state index in [4.69, 9.17) is 5.84 Å². The van der Waals surface area contributed by atoms with E-state index in [2.05, 4.69) is 16.4 Å². The van der Waals surface area contributed by atoms with Gasteiger partial charge >= 0.3 is 0 Å². The molecular formula is C10H17N3OS. The van der Waals surface area contributed by atoms with Gasteiger partial charge in [-0.2, -0.15) is 0 Å². The lowest BCUT2D eigenvalue weighted by molar-refractivity contribution is -0.126. The predicted molar refractivity (Wildman–Crippen MR) is 62.2 cm³/mol. The van der Waals surface area contributed by atoms with Crippen LogP contribution in [0.3, 0.4) is 0 Å². The number of nitrogens with two attached hydrogens (primary N) is 1. The molecule has 5 heteroatoms. The summed E-state index contributed by atoms with van der Waals surface area (Å²) in [5.74, 6) is 4.97. The normalized spacial score (nSPS) is 12.8. The summed E-state index contributed by atoms with van der Waals surface area (Å²) in [5.41, 5.74) is 2.18. The summed E-state index contributed by atoms with van der Waals surface area (Å²) in [6.07, 6.45) is 0. The van der Waals surface area contributed by atoms with Crippen molar-refractivity contribution in [3.05, 3.63) is 22.4 Å². The Labute approximate surface area is 94.0 Å². The fourth-order valence-corrected chi connectivity index (χ4v) is 2.14. The van der Waals surface area contributed by atoms with Gasteiger partial charge in [0.2, 0.25) is 0 Å². The fourth-order valence-electron chi connectivity index (χ4n) is 1.41. The van der Waals surface area contributed by atoms with Crippen LogP contribution in [-0.2, 0) is 11.3 Å². The van der Waals surface area contributed by atoms with Crippen molar-refractivity contribution >= 4 is 17.2 Å². The van der Waals surface area contributed by atoms with E-state index < -0.39 is 0 Å². The maximum Gasteiger partial charge on any atom is 0.250 e. The largest absolute Gasteiger partial charge is 0.293 e. The molecule has 84 valence electrons. The van der Waals surface area contributed by atoms with Gasteiger partial charge in [-0.3, -0.25) is 15.1 Å². The standard InChI is InChI=1S/C10H17N3OS/c1-3-13(8(2)10(14)12-11)7-9-5-4-6-15-9/h4-6,8H,3,7,11H2,1-2H3,(H,12,14). The Hall–Kier alpha value is -0.910. The molecule has 0 aliphatic rings. The highest BCUT2D eigenvalue weighted by Gasteiger charge is 2.19.